The van der Waals surface area contributed by atoms with Crippen LogP contribution in [0.5, 0.6) is 0 Å². The third kappa shape index (κ3) is 4.93. The van der Waals surface area contributed by atoms with E-state index in [1.54, 1.807) is 11.3 Å². The molecule has 1 aromatic heterocycles. The van der Waals surface area contributed by atoms with Gasteiger partial charge in [0.1, 0.15) is 0 Å². The number of nitrogens with one attached hydrogen (secondary N) is 1. The van der Waals surface area contributed by atoms with Crippen LogP contribution >= 0.6 is 27.3 Å². The maximum atomic E-state index is 12.1. The molecule has 0 aliphatic heterocycles. The number of thiophene rings is 1. The molecular weight excluding hydrogens is 360 g/mol. The van der Waals surface area contributed by atoms with Crippen LogP contribution in [0.4, 0.5) is 0 Å². The Morgan fingerprint density at radius 2 is 2.05 bits per heavy atom. The van der Waals surface area contributed by atoms with Crippen molar-refractivity contribution in [2.45, 2.75) is 18.9 Å². The summed E-state index contributed by atoms with van der Waals surface area (Å²) in [4.78, 5) is 15.5. The van der Waals surface area contributed by atoms with Gasteiger partial charge in [0.2, 0.25) is 5.91 Å². The van der Waals surface area contributed by atoms with Crippen molar-refractivity contribution < 1.29 is 4.79 Å². The van der Waals surface area contributed by atoms with Crippen molar-refractivity contribution >= 4 is 33.2 Å². The Bertz CT molecular complexity index is 598. The number of amides is 1. The van der Waals surface area contributed by atoms with E-state index in [9.17, 15) is 4.79 Å². The van der Waals surface area contributed by atoms with Crippen LogP contribution in [-0.4, -0.2) is 31.4 Å². The number of carbonyl (C=O) groups is 1. The first-order valence-corrected chi connectivity index (χ1v) is 8.95. The molecule has 118 valence electrons. The van der Waals surface area contributed by atoms with Gasteiger partial charge in [0.15, 0.2) is 0 Å². The van der Waals surface area contributed by atoms with E-state index in [0.29, 0.717) is 13.0 Å². The lowest BCUT2D eigenvalue weighted by atomic mass is 10.1. The minimum Gasteiger partial charge on any atom is -0.354 e. The van der Waals surface area contributed by atoms with Crippen LogP contribution in [0.15, 0.2) is 46.3 Å². The highest BCUT2D eigenvalue weighted by molar-refractivity contribution is 9.10. The van der Waals surface area contributed by atoms with Crippen molar-refractivity contribution in [1.82, 2.24) is 10.2 Å². The van der Waals surface area contributed by atoms with Gasteiger partial charge in [-0.3, -0.25) is 4.79 Å². The quantitative estimate of drug-likeness (QED) is 0.790. The third-order valence-electron chi connectivity index (χ3n) is 3.57. The summed E-state index contributed by atoms with van der Waals surface area (Å²) < 4.78 is 1.06. The van der Waals surface area contributed by atoms with Crippen LogP contribution in [-0.2, 0) is 11.2 Å². The molecule has 0 bridgehead atoms. The molecule has 1 aromatic carbocycles. The van der Waals surface area contributed by atoms with Gasteiger partial charge in [0, 0.05) is 22.3 Å². The topological polar surface area (TPSA) is 32.3 Å². The Labute approximate surface area is 144 Å². The van der Waals surface area contributed by atoms with Gasteiger partial charge in [-0.05, 0) is 43.6 Å². The summed E-state index contributed by atoms with van der Waals surface area (Å²) >= 11 is 5.24. The Kier molecular flexibility index (Phi) is 6.61. The smallest absolute Gasteiger partial charge is 0.220 e. The van der Waals surface area contributed by atoms with E-state index in [2.05, 4.69) is 37.6 Å². The second kappa shape index (κ2) is 8.46. The minimum absolute atomic E-state index is 0.0964. The fraction of sp³-hybridized carbons (Fsp3) is 0.353. The zero-order valence-corrected chi connectivity index (χ0v) is 15.3. The number of nitrogens with zero attached hydrogens (tertiary/aromatic N) is 1. The van der Waals surface area contributed by atoms with E-state index in [4.69, 9.17) is 0 Å². The average Bonchev–Trinajstić information content (AvgIpc) is 3.00. The largest absolute Gasteiger partial charge is 0.354 e. The maximum Gasteiger partial charge on any atom is 0.220 e. The second-order valence-corrected chi connectivity index (χ2v) is 7.22. The summed E-state index contributed by atoms with van der Waals surface area (Å²) in [5.41, 5.74) is 1.17. The normalized spacial score (nSPS) is 12.4. The molecule has 1 atom stereocenters. The number of halogens is 1. The fourth-order valence-corrected chi connectivity index (χ4v) is 3.67. The molecule has 1 unspecified atom stereocenters. The molecule has 3 nitrogen and oxygen atoms in total. The SMILES string of the molecule is CN(C)C(CNC(=O)CCc1ccccc1Br)c1cccs1. The standard InChI is InChI=1S/C17H21BrN2OS/c1-20(2)15(16-8-5-11-22-16)12-19-17(21)10-9-13-6-3-4-7-14(13)18/h3-8,11,15H,9-10,12H2,1-2H3,(H,19,21). The molecule has 1 heterocycles. The number of benzene rings is 1. The van der Waals surface area contributed by atoms with Gasteiger partial charge in [0.25, 0.3) is 0 Å². The van der Waals surface area contributed by atoms with Crippen molar-refractivity contribution in [2.75, 3.05) is 20.6 Å². The number of carbonyl (C=O) groups excluding carboxylic acids is 1. The zero-order valence-electron chi connectivity index (χ0n) is 12.9. The zero-order chi connectivity index (χ0) is 15.9. The summed E-state index contributed by atoms with van der Waals surface area (Å²) in [6.45, 7) is 0.641. The van der Waals surface area contributed by atoms with Crippen LogP contribution in [0, 0.1) is 0 Å². The maximum absolute atomic E-state index is 12.1. The summed E-state index contributed by atoms with van der Waals surface area (Å²) in [6, 6.07) is 12.4. The Balaban J connectivity index is 1.83. The third-order valence-corrected chi connectivity index (χ3v) is 5.31. The predicted molar refractivity (Wildman–Crippen MR) is 96.2 cm³/mol. The van der Waals surface area contributed by atoms with E-state index in [-0.39, 0.29) is 11.9 Å². The summed E-state index contributed by atoms with van der Waals surface area (Å²) in [5, 5.41) is 5.12. The van der Waals surface area contributed by atoms with Crippen molar-refractivity contribution in [2.24, 2.45) is 0 Å². The lowest BCUT2D eigenvalue weighted by Gasteiger charge is -2.23. The van der Waals surface area contributed by atoms with Gasteiger partial charge in [-0.15, -0.1) is 11.3 Å². The van der Waals surface area contributed by atoms with Gasteiger partial charge in [-0.2, -0.15) is 0 Å². The van der Waals surface area contributed by atoms with Gasteiger partial charge < -0.3 is 10.2 Å². The van der Waals surface area contributed by atoms with Gasteiger partial charge in [0.05, 0.1) is 6.04 Å². The van der Waals surface area contributed by atoms with Crippen LogP contribution in [0.2, 0.25) is 0 Å². The number of hydrogen-bond acceptors (Lipinski definition) is 3. The molecule has 1 N–H and O–H groups in total. The van der Waals surface area contributed by atoms with E-state index in [0.717, 1.165) is 10.9 Å². The van der Waals surface area contributed by atoms with Gasteiger partial charge in [-0.25, -0.2) is 0 Å². The molecule has 1 amide bonds. The summed E-state index contributed by atoms with van der Waals surface area (Å²) in [7, 11) is 4.08. The van der Waals surface area contributed by atoms with Crippen molar-refractivity contribution in [3.8, 4) is 0 Å². The van der Waals surface area contributed by atoms with E-state index < -0.39 is 0 Å². The molecule has 0 fully saturated rings. The number of likely N-dealkylation sites (N-methyl/N-ethyl adjacent to an activating group) is 1. The first-order valence-electron chi connectivity index (χ1n) is 7.28. The molecule has 0 aliphatic carbocycles. The molecule has 22 heavy (non-hydrogen) atoms. The van der Waals surface area contributed by atoms with Gasteiger partial charge >= 0.3 is 0 Å². The predicted octanol–water partition coefficient (Wildman–Crippen LogP) is 3.86. The van der Waals surface area contributed by atoms with Crippen molar-refractivity contribution in [3.63, 3.8) is 0 Å². The Morgan fingerprint density at radius 3 is 2.68 bits per heavy atom. The van der Waals surface area contributed by atoms with Crippen LogP contribution in [0.1, 0.15) is 22.9 Å². The highest BCUT2D eigenvalue weighted by atomic mass is 79.9. The molecule has 0 spiro atoms. The van der Waals surface area contributed by atoms with Crippen LogP contribution < -0.4 is 5.32 Å². The lowest BCUT2D eigenvalue weighted by Crippen LogP contribution is -2.34. The highest BCUT2D eigenvalue weighted by Gasteiger charge is 2.16. The molecule has 0 radical (unpaired) electrons. The Hall–Kier alpha value is -1.17. The van der Waals surface area contributed by atoms with E-state index in [1.807, 2.05) is 44.4 Å². The molecular formula is C17H21BrN2OS. The highest BCUT2D eigenvalue weighted by Crippen LogP contribution is 2.22. The average molecular weight is 381 g/mol. The van der Waals surface area contributed by atoms with Gasteiger partial charge in [-0.1, -0.05) is 40.2 Å². The molecule has 0 saturated carbocycles. The number of rotatable bonds is 7. The fourth-order valence-electron chi connectivity index (χ4n) is 2.27. The van der Waals surface area contributed by atoms with Crippen LogP contribution in [0.25, 0.3) is 0 Å². The molecule has 5 heteroatoms. The number of hydrogen-bond donors (Lipinski definition) is 1. The summed E-state index contributed by atoms with van der Waals surface area (Å²) in [5.74, 6) is 0.0964. The first-order chi connectivity index (χ1) is 10.6. The number of aryl methyl sites for hydroxylation is 1. The second-order valence-electron chi connectivity index (χ2n) is 5.39. The molecule has 0 aliphatic rings. The molecule has 0 saturated heterocycles. The van der Waals surface area contributed by atoms with Crippen molar-refractivity contribution in [1.29, 1.82) is 0 Å². The first kappa shape index (κ1) is 17.2. The lowest BCUT2D eigenvalue weighted by molar-refractivity contribution is -0.121. The van der Waals surface area contributed by atoms with Crippen LogP contribution in [0.3, 0.4) is 0 Å². The molecule has 2 rings (SSSR count). The monoisotopic (exact) mass is 380 g/mol. The summed E-state index contributed by atoms with van der Waals surface area (Å²) in [6.07, 6.45) is 1.26. The Morgan fingerprint density at radius 1 is 1.27 bits per heavy atom. The minimum atomic E-state index is 0.0964. The van der Waals surface area contributed by atoms with E-state index in [1.165, 1.54) is 10.4 Å². The van der Waals surface area contributed by atoms with E-state index >= 15 is 0 Å². The van der Waals surface area contributed by atoms with Crippen molar-refractivity contribution in [3.05, 3.63) is 56.7 Å². The molecule has 2 aromatic rings.